The average Bonchev–Trinajstić information content (AvgIpc) is 3.14. The predicted octanol–water partition coefficient (Wildman–Crippen LogP) is 4.02. The standard InChI is InChI=1S/C20H18BrFN4O2S/c1-2-26-17(13-7-9-14(21)10-8-13)11-23-20(26)29-12-18(27)24-25-19(28)15-5-3-4-6-16(15)22/h3-11H,2,12H2,1H3,(H,24,27)(H,25,28). The van der Waals surface area contributed by atoms with E-state index in [0.717, 1.165) is 15.7 Å². The fraction of sp³-hybridized carbons (Fsp3) is 0.150. The minimum Gasteiger partial charge on any atom is -0.319 e. The molecule has 9 heteroatoms. The van der Waals surface area contributed by atoms with Crippen LogP contribution in [0.1, 0.15) is 17.3 Å². The third kappa shape index (κ3) is 5.24. The van der Waals surface area contributed by atoms with E-state index in [-0.39, 0.29) is 11.3 Å². The maximum atomic E-state index is 13.6. The van der Waals surface area contributed by atoms with Gasteiger partial charge in [-0.3, -0.25) is 20.4 Å². The Kier molecular flexibility index (Phi) is 7.05. The molecule has 2 aromatic carbocycles. The van der Waals surface area contributed by atoms with Crippen molar-refractivity contribution in [3.8, 4) is 11.3 Å². The molecular weight excluding hydrogens is 459 g/mol. The van der Waals surface area contributed by atoms with Crippen LogP contribution in [0.4, 0.5) is 4.39 Å². The average molecular weight is 477 g/mol. The van der Waals surface area contributed by atoms with Crippen molar-refractivity contribution in [2.45, 2.75) is 18.6 Å². The van der Waals surface area contributed by atoms with Gasteiger partial charge in [0.1, 0.15) is 5.82 Å². The number of thioether (sulfide) groups is 1. The Labute approximate surface area is 180 Å². The van der Waals surface area contributed by atoms with Crippen molar-refractivity contribution in [3.05, 3.63) is 70.6 Å². The van der Waals surface area contributed by atoms with E-state index >= 15 is 0 Å². The Morgan fingerprint density at radius 3 is 2.55 bits per heavy atom. The van der Waals surface area contributed by atoms with Crippen LogP contribution in [0.15, 0.2) is 64.4 Å². The lowest BCUT2D eigenvalue weighted by Gasteiger charge is -2.10. The maximum Gasteiger partial charge on any atom is 0.272 e. The van der Waals surface area contributed by atoms with Crippen LogP contribution in [0.5, 0.6) is 0 Å². The van der Waals surface area contributed by atoms with Gasteiger partial charge >= 0.3 is 0 Å². The number of benzene rings is 2. The van der Waals surface area contributed by atoms with Crippen LogP contribution in [0.2, 0.25) is 0 Å². The van der Waals surface area contributed by atoms with E-state index in [2.05, 4.69) is 31.8 Å². The molecule has 0 aliphatic carbocycles. The molecule has 1 aromatic heterocycles. The van der Waals surface area contributed by atoms with Crippen LogP contribution in [0, 0.1) is 5.82 Å². The third-order valence-electron chi connectivity index (χ3n) is 4.04. The number of imidazole rings is 1. The van der Waals surface area contributed by atoms with Gasteiger partial charge in [0, 0.05) is 11.0 Å². The van der Waals surface area contributed by atoms with E-state index in [1.54, 1.807) is 12.3 Å². The van der Waals surface area contributed by atoms with Crippen LogP contribution < -0.4 is 10.9 Å². The summed E-state index contributed by atoms with van der Waals surface area (Å²) in [5, 5.41) is 0.695. The number of hydrazine groups is 1. The molecule has 0 atom stereocenters. The summed E-state index contributed by atoms with van der Waals surface area (Å²) < 4.78 is 16.6. The smallest absolute Gasteiger partial charge is 0.272 e. The quantitative estimate of drug-likeness (QED) is 0.416. The summed E-state index contributed by atoms with van der Waals surface area (Å²) in [7, 11) is 0. The topological polar surface area (TPSA) is 76.0 Å². The summed E-state index contributed by atoms with van der Waals surface area (Å²) in [5.74, 6) is -1.74. The van der Waals surface area contributed by atoms with Crippen LogP contribution >= 0.6 is 27.7 Å². The van der Waals surface area contributed by atoms with Gasteiger partial charge in [0.25, 0.3) is 5.91 Å². The number of aromatic nitrogens is 2. The van der Waals surface area contributed by atoms with Crippen molar-refractivity contribution >= 4 is 39.5 Å². The normalized spacial score (nSPS) is 10.6. The molecule has 6 nitrogen and oxygen atoms in total. The minimum absolute atomic E-state index is 0.0499. The monoisotopic (exact) mass is 476 g/mol. The Bertz CT molecular complexity index is 1020. The van der Waals surface area contributed by atoms with Crippen LogP contribution in [-0.4, -0.2) is 27.1 Å². The van der Waals surface area contributed by atoms with Gasteiger partial charge in [-0.25, -0.2) is 9.37 Å². The molecule has 0 fully saturated rings. The van der Waals surface area contributed by atoms with E-state index in [4.69, 9.17) is 0 Å². The van der Waals surface area contributed by atoms with Gasteiger partial charge in [0.15, 0.2) is 5.16 Å². The molecule has 3 rings (SSSR count). The lowest BCUT2D eigenvalue weighted by molar-refractivity contribution is -0.119. The number of carbonyl (C=O) groups excluding carboxylic acids is 2. The van der Waals surface area contributed by atoms with Gasteiger partial charge < -0.3 is 4.57 Å². The van der Waals surface area contributed by atoms with E-state index in [1.807, 2.05) is 35.8 Å². The molecule has 2 amide bonds. The van der Waals surface area contributed by atoms with Crippen LogP contribution in [-0.2, 0) is 11.3 Å². The highest BCUT2D eigenvalue weighted by atomic mass is 79.9. The second-order valence-electron chi connectivity index (χ2n) is 5.95. The highest BCUT2D eigenvalue weighted by Gasteiger charge is 2.14. The first-order chi connectivity index (χ1) is 14.0. The third-order valence-corrected chi connectivity index (χ3v) is 5.56. The van der Waals surface area contributed by atoms with Gasteiger partial charge in [0.05, 0.1) is 23.2 Å². The molecule has 1 heterocycles. The Morgan fingerprint density at radius 2 is 1.86 bits per heavy atom. The molecule has 2 N–H and O–H groups in total. The lowest BCUT2D eigenvalue weighted by atomic mass is 10.2. The number of rotatable bonds is 6. The molecule has 0 radical (unpaired) electrons. The maximum absolute atomic E-state index is 13.6. The van der Waals surface area contributed by atoms with Gasteiger partial charge in [-0.05, 0) is 36.8 Å². The summed E-state index contributed by atoms with van der Waals surface area (Å²) in [6.07, 6.45) is 1.77. The first-order valence-corrected chi connectivity index (χ1v) is 10.6. The van der Waals surface area contributed by atoms with Crippen molar-refractivity contribution in [3.63, 3.8) is 0 Å². The molecule has 0 saturated heterocycles. The first-order valence-electron chi connectivity index (χ1n) is 8.77. The van der Waals surface area contributed by atoms with Crippen LogP contribution in [0.25, 0.3) is 11.3 Å². The summed E-state index contributed by atoms with van der Waals surface area (Å²) in [5.41, 5.74) is 6.35. The molecule has 29 heavy (non-hydrogen) atoms. The van der Waals surface area contributed by atoms with Gasteiger partial charge in [-0.2, -0.15) is 0 Å². The van der Waals surface area contributed by atoms with E-state index < -0.39 is 17.6 Å². The van der Waals surface area contributed by atoms with Gasteiger partial charge in [-0.1, -0.05) is 52.0 Å². The SMILES string of the molecule is CCn1c(-c2ccc(Br)cc2)cnc1SCC(=O)NNC(=O)c1ccccc1F. The summed E-state index contributed by atoms with van der Waals surface area (Å²) in [6.45, 7) is 2.70. The minimum atomic E-state index is -0.714. The number of nitrogens with zero attached hydrogens (tertiary/aromatic N) is 2. The summed E-state index contributed by atoms with van der Waals surface area (Å²) in [4.78, 5) is 28.4. The number of hydrogen-bond acceptors (Lipinski definition) is 4. The fourth-order valence-corrected chi connectivity index (χ4v) is 3.74. The Hall–Kier alpha value is -2.65. The Morgan fingerprint density at radius 1 is 1.14 bits per heavy atom. The molecule has 0 bridgehead atoms. The molecule has 0 spiro atoms. The van der Waals surface area contributed by atoms with Gasteiger partial charge in [0.2, 0.25) is 5.91 Å². The molecule has 150 valence electrons. The number of hydrogen-bond donors (Lipinski definition) is 2. The zero-order chi connectivity index (χ0) is 20.8. The summed E-state index contributed by atoms with van der Waals surface area (Å²) >= 11 is 4.68. The number of nitrogens with one attached hydrogen (secondary N) is 2. The van der Waals surface area contributed by atoms with Crippen molar-refractivity contribution in [1.29, 1.82) is 0 Å². The van der Waals surface area contributed by atoms with E-state index in [9.17, 15) is 14.0 Å². The fourth-order valence-electron chi connectivity index (χ4n) is 2.64. The second kappa shape index (κ2) is 9.71. The van der Waals surface area contributed by atoms with E-state index in [1.165, 1.54) is 30.0 Å². The van der Waals surface area contributed by atoms with Gasteiger partial charge in [-0.15, -0.1) is 0 Å². The predicted molar refractivity (Wildman–Crippen MR) is 114 cm³/mol. The number of carbonyl (C=O) groups is 2. The summed E-state index contributed by atoms with van der Waals surface area (Å²) in [6, 6.07) is 13.5. The van der Waals surface area contributed by atoms with Crippen LogP contribution in [0.3, 0.4) is 0 Å². The van der Waals surface area contributed by atoms with Crippen molar-refractivity contribution in [2.75, 3.05) is 5.75 Å². The number of halogens is 2. The van der Waals surface area contributed by atoms with E-state index in [0.29, 0.717) is 11.7 Å². The molecule has 3 aromatic rings. The Balaban J connectivity index is 1.58. The zero-order valence-corrected chi connectivity index (χ0v) is 17.9. The molecule has 0 saturated carbocycles. The molecule has 0 aliphatic rings. The van der Waals surface area contributed by atoms with Crippen molar-refractivity contribution in [1.82, 2.24) is 20.4 Å². The highest BCUT2D eigenvalue weighted by molar-refractivity contribution is 9.10. The highest BCUT2D eigenvalue weighted by Crippen LogP contribution is 2.27. The first kappa shape index (κ1) is 21.1. The molecule has 0 unspecified atom stereocenters. The number of amides is 2. The molecular formula is C20H18BrFN4O2S. The van der Waals surface area contributed by atoms with Crippen molar-refractivity contribution < 1.29 is 14.0 Å². The largest absolute Gasteiger partial charge is 0.319 e. The zero-order valence-electron chi connectivity index (χ0n) is 15.5. The lowest BCUT2D eigenvalue weighted by Crippen LogP contribution is -2.42. The van der Waals surface area contributed by atoms with Crippen molar-refractivity contribution in [2.24, 2.45) is 0 Å². The molecule has 0 aliphatic heterocycles. The second-order valence-corrected chi connectivity index (χ2v) is 7.81.